The molecule has 0 saturated carbocycles. The largest absolute Gasteiger partial charge is 0.476 e. The topological polar surface area (TPSA) is 72.8 Å². The summed E-state index contributed by atoms with van der Waals surface area (Å²) in [5.74, 6) is -0.363. The van der Waals surface area contributed by atoms with Crippen molar-refractivity contribution < 1.29 is 9.90 Å². The van der Waals surface area contributed by atoms with E-state index in [4.69, 9.17) is 5.11 Å². The second-order valence-corrected chi connectivity index (χ2v) is 6.59. The normalized spacial score (nSPS) is 15.7. The summed E-state index contributed by atoms with van der Waals surface area (Å²) >= 11 is 0. The first-order valence-electron chi connectivity index (χ1n) is 8.87. The Labute approximate surface area is 153 Å². The summed E-state index contributed by atoms with van der Waals surface area (Å²) in [6.45, 7) is 7.07. The van der Waals surface area contributed by atoms with Crippen LogP contribution in [0.25, 0.3) is 0 Å². The summed E-state index contributed by atoms with van der Waals surface area (Å²) in [6, 6.07) is 10.6. The molecule has 1 aliphatic heterocycles. The van der Waals surface area contributed by atoms with Gasteiger partial charge in [0.25, 0.3) is 0 Å². The summed E-state index contributed by atoms with van der Waals surface area (Å²) < 4.78 is 0. The van der Waals surface area contributed by atoms with Gasteiger partial charge in [0.15, 0.2) is 5.69 Å². The Hall–Kier alpha value is -2.51. The lowest BCUT2D eigenvalue weighted by molar-refractivity contribution is 0.0690. The van der Waals surface area contributed by atoms with Gasteiger partial charge in [0.2, 0.25) is 0 Å². The molecule has 138 valence electrons. The van der Waals surface area contributed by atoms with E-state index in [1.54, 1.807) is 0 Å². The highest BCUT2D eigenvalue weighted by atomic mass is 16.4. The van der Waals surface area contributed by atoms with Gasteiger partial charge in [-0.25, -0.2) is 14.8 Å². The van der Waals surface area contributed by atoms with E-state index in [1.165, 1.54) is 18.0 Å². The van der Waals surface area contributed by atoms with Crippen molar-refractivity contribution in [1.82, 2.24) is 19.8 Å². The minimum absolute atomic E-state index is 0.0308. The number of hydrogen-bond acceptors (Lipinski definition) is 6. The number of hydrogen-bond donors (Lipinski definition) is 1. The molecule has 2 aromatic rings. The van der Waals surface area contributed by atoms with Crippen LogP contribution >= 0.6 is 0 Å². The van der Waals surface area contributed by atoms with E-state index in [2.05, 4.69) is 50.1 Å². The molecular weight excluding hydrogens is 330 g/mol. The molecule has 0 unspecified atom stereocenters. The number of rotatable bonds is 7. The van der Waals surface area contributed by atoms with Gasteiger partial charge in [-0.3, -0.25) is 9.80 Å². The van der Waals surface area contributed by atoms with E-state index in [0.717, 1.165) is 45.8 Å². The highest BCUT2D eigenvalue weighted by Crippen LogP contribution is 2.10. The Bertz CT molecular complexity index is 700. The Kier molecular flexibility index (Phi) is 6.14. The van der Waals surface area contributed by atoms with Gasteiger partial charge in [-0.15, -0.1) is 0 Å². The molecule has 26 heavy (non-hydrogen) atoms. The van der Waals surface area contributed by atoms with Crippen LogP contribution in [0.15, 0.2) is 42.7 Å². The van der Waals surface area contributed by atoms with Crippen molar-refractivity contribution in [2.45, 2.75) is 6.54 Å². The number of nitrogens with zero attached hydrogens (tertiary/aromatic N) is 5. The third-order valence-electron chi connectivity index (χ3n) is 4.71. The van der Waals surface area contributed by atoms with Crippen LogP contribution in [0.2, 0.25) is 0 Å². The third kappa shape index (κ3) is 5.00. The fraction of sp³-hybridized carbons (Fsp3) is 0.421. The molecule has 7 nitrogen and oxygen atoms in total. The van der Waals surface area contributed by atoms with E-state index in [-0.39, 0.29) is 5.69 Å². The average molecular weight is 355 g/mol. The van der Waals surface area contributed by atoms with Gasteiger partial charge in [-0.1, -0.05) is 30.3 Å². The van der Waals surface area contributed by atoms with Crippen LogP contribution in [-0.2, 0) is 6.54 Å². The smallest absolute Gasteiger partial charge is 0.356 e. The quantitative estimate of drug-likeness (QED) is 0.805. The number of anilines is 1. The SMILES string of the molecule is CN(CCN1CCN(Cc2ccccc2)CC1)c1cnc(C(=O)O)cn1. The van der Waals surface area contributed by atoms with E-state index in [1.807, 2.05) is 11.9 Å². The standard InChI is InChI=1S/C19H25N5O2/c1-22(18-14-20-17(13-21-18)19(25)26)7-8-23-9-11-24(12-10-23)15-16-5-3-2-4-6-16/h2-6,13-14H,7-12,15H2,1H3,(H,25,26). The molecule has 0 radical (unpaired) electrons. The van der Waals surface area contributed by atoms with Crippen molar-refractivity contribution in [3.8, 4) is 0 Å². The maximum Gasteiger partial charge on any atom is 0.356 e. The first kappa shape index (κ1) is 18.3. The number of likely N-dealkylation sites (N-methyl/N-ethyl adjacent to an activating group) is 1. The maximum atomic E-state index is 10.8. The molecule has 1 N–H and O–H groups in total. The lowest BCUT2D eigenvalue weighted by atomic mass is 10.2. The molecule has 0 bridgehead atoms. The lowest BCUT2D eigenvalue weighted by Crippen LogP contribution is -2.47. The zero-order chi connectivity index (χ0) is 18.4. The number of aromatic nitrogens is 2. The Morgan fingerprint density at radius 2 is 1.77 bits per heavy atom. The summed E-state index contributed by atoms with van der Waals surface area (Å²) in [5, 5.41) is 8.88. The molecular formula is C19H25N5O2. The number of benzene rings is 1. The molecule has 1 saturated heterocycles. The Balaban J connectivity index is 1.41. The lowest BCUT2D eigenvalue weighted by Gasteiger charge is -2.35. The first-order chi connectivity index (χ1) is 12.6. The van der Waals surface area contributed by atoms with Gasteiger partial charge in [-0.05, 0) is 5.56 Å². The maximum absolute atomic E-state index is 10.8. The molecule has 1 aromatic carbocycles. The summed E-state index contributed by atoms with van der Waals surface area (Å²) in [6.07, 6.45) is 2.82. The number of carboxylic acid groups (broad SMARTS) is 1. The van der Waals surface area contributed by atoms with Crippen LogP contribution in [0, 0.1) is 0 Å². The van der Waals surface area contributed by atoms with Crippen LogP contribution in [0.5, 0.6) is 0 Å². The second kappa shape index (κ2) is 8.73. The van der Waals surface area contributed by atoms with Crippen molar-refractivity contribution in [2.24, 2.45) is 0 Å². The highest BCUT2D eigenvalue weighted by molar-refractivity contribution is 5.84. The van der Waals surface area contributed by atoms with Gasteiger partial charge >= 0.3 is 5.97 Å². The summed E-state index contributed by atoms with van der Waals surface area (Å²) in [7, 11) is 1.95. The zero-order valence-electron chi connectivity index (χ0n) is 15.1. The van der Waals surface area contributed by atoms with Gasteiger partial charge < -0.3 is 10.0 Å². The number of carboxylic acids is 1. The van der Waals surface area contributed by atoms with Crippen LogP contribution < -0.4 is 4.90 Å². The average Bonchev–Trinajstić information content (AvgIpc) is 2.68. The third-order valence-corrected chi connectivity index (χ3v) is 4.71. The van der Waals surface area contributed by atoms with Crippen molar-refractivity contribution in [1.29, 1.82) is 0 Å². The molecule has 1 aliphatic rings. The molecule has 0 spiro atoms. The van der Waals surface area contributed by atoms with Gasteiger partial charge in [0, 0.05) is 52.9 Å². The van der Waals surface area contributed by atoms with Crippen molar-refractivity contribution in [2.75, 3.05) is 51.2 Å². The molecule has 2 heterocycles. The zero-order valence-corrected chi connectivity index (χ0v) is 15.1. The Morgan fingerprint density at radius 3 is 2.38 bits per heavy atom. The minimum Gasteiger partial charge on any atom is -0.476 e. The summed E-state index contributed by atoms with van der Waals surface area (Å²) in [5.41, 5.74) is 1.33. The molecule has 0 amide bonds. The van der Waals surface area contributed by atoms with Gasteiger partial charge in [-0.2, -0.15) is 0 Å². The van der Waals surface area contributed by atoms with E-state index >= 15 is 0 Å². The molecule has 1 fully saturated rings. The predicted octanol–water partition coefficient (Wildman–Crippen LogP) is 1.43. The highest BCUT2D eigenvalue weighted by Gasteiger charge is 2.17. The molecule has 0 atom stereocenters. The van der Waals surface area contributed by atoms with Crippen molar-refractivity contribution in [3.05, 3.63) is 54.0 Å². The monoisotopic (exact) mass is 355 g/mol. The number of carbonyl (C=O) groups is 1. The molecule has 7 heteroatoms. The van der Waals surface area contributed by atoms with E-state index in [9.17, 15) is 4.79 Å². The van der Waals surface area contributed by atoms with Gasteiger partial charge in [0.1, 0.15) is 5.82 Å². The van der Waals surface area contributed by atoms with Gasteiger partial charge in [0.05, 0.1) is 12.4 Å². The summed E-state index contributed by atoms with van der Waals surface area (Å²) in [4.78, 5) is 25.9. The van der Waals surface area contributed by atoms with Crippen molar-refractivity contribution >= 4 is 11.8 Å². The molecule has 0 aliphatic carbocycles. The first-order valence-corrected chi connectivity index (χ1v) is 8.87. The van der Waals surface area contributed by atoms with E-state index in [0.29, 0.717) is 5.82 Å². The second-order valence-electron chi connectivity index (χ2n) is 6.59. The van der Waals surface area contributed by atoms with E-state index < -0.39 is 5.97 Å². The van der Waals surface area contributed by atoms with Crippen LogP contribution in [0.1, 0.15) is 16.1 Å². The minimum atomic E-state index is -1.06. The van der Waals surface area contributed by atoms with Crippen LogP contribution in [0.4, 0.5) is 5.82 Å². The fourth-order valence-corrected chi connectivity index (χ4v) is 3.05. The van der Waals surface area contributed by atoms with Crippen LogP contribution in [0.3, 0.4) is 0 Å². The molecule has 3 rings (SSSR count). The molecule has 1 aromatic heterocycles. The fourth-order valence-electron chi connectivity index (χ4n) is 3.05. The number of aromatic carboxylic acids is 1. The van der Waals surface area contributed by atoms with Crippen LogP contribution in [-0.4, -0.2) is 77.2 Å². The number of piperazine rings is 1. The Morgan fingerprint density at radius 1 is 1.08 bits per heavy atom. The van der Waals surface area contributed by atoms with Crippen molar-refractivity contribution in [3.63, 3.8) is 0 Å². The predicted molar refractivity (Wildman–Crippen MR) is 100 cm³/mol.